The summed E-state index contributed by atoms with van der Waals surface area (Å²) in [4.78, 5) is 0. The molecule has 0 aromatic heterocycles. The van der Waals surface area contributed by atoms with Crippen LogP contribution in [0.1, 0.15) is 0 Å². The molecule has 0 aliphatic heterocycles. The third-order valence-corrected chi connectivity index (χ3v) is 0. The summed E-state index contributed by atoms with van der Waals surface area (Å²) in [7, 11) is 14.9. The fourth-order valence-electron chi connectivity index (χ4n) is 0. The van der Waals surface area contributed by atoms with Crippen LogP contribution in [0.15, 0.2) is 0 Å². The molecule has 0 heterocycles. The molecule has 0 aliphatic rings. The Kier molecular flexibility index (Phi) is 181. The average molecular weight is 244 g/mol. The van der Waals surface area contributed by atoms with Crippen molar-refractivity contribution in [2.24, 2.45) is 0 Å². The van der Waals surface area contributed by atoms with Crippen molar-refractivity contribution in [1.29, 1.82) is 0 Å². The van der Waals surface area contributed by atoms with Crippen LogP contribution in [0.4, 0.5) is 0 Å². The molecule has 0 aromatic carbocycles. The Bertz CT molecular complexity index is 16.9. The van der Waals surface area contributed by atoms with Gasteiger partial charge in [-0.2, -0.15) is 0 Å². The zero-order valence-electron chi connectivity index (χ0n) is 4.13. The van der Waals surface area contributed by atoms with Crippen molar-refractivity contribution < 1.29 is 42.1 Å². The van der Waals surface area contributed by atoms with Gasteiger partial charge < -0.3 is 27.4 Å². The molecule has 0 atom stereocenters. The van der Waals surface area contributed by atoms with Crippen LogP contribution < -0.4 is 0 Å². The Hall–Kier alpha value is 1.38. The number of rotatable bonds is 0. The molecule has 0 amide bonds. The molecule has 0 saturated carbocycles. The van der Waals surface area contributed by atoms with E-state index in [0.29, 0.717) is 0 Å². The molecule has 10 N–H and O–H groups in total. The van der Waals surface area contributed by atoms with Crippen LogP contribution in [0, 0.1) is 0 Å². The summed E-state index contributed by atoms with van der Waals surface area (Å²) in [6.07, 6.45) is 0. The Morgan fingerprint density at radius 3 is 0.556 bits per heavy atom. The third-order valence-electron chi connectivity index (χ3n) is 0. The molecule has 0 aliphatic carbocycles. The van der Waals surface area contributed by atoms with Crippen molar-refractivity contribution in [3.05, 3.63) is 0 Å². The monoisotopic (exact) mass is 243 g/mol. The molecular formula is H10Cl3O5Ti. The van der Waals surface area contributed by atoms with Gasteiger partial charge in [0, 0.05) is 0 Å². The zero-order chi connectivity index (χ0) is 3.58. The minimum absolute atomic E-state index is 0. The van der Waals surface area contributed by atoms with Crippen molar-refractivity contribution >= 4 is 27.9 Å². The van der Waals surface area contributed by atoms with Gasteiger partial charge in [-0.25, -0.2) is 0 Å². The topological polar surface area (TPSA) is 158 Å². The second kappa shape index (κ2) is 34.3. The van der Waals surface area contributed by atoms with Crippen LogP contribution >= 0.6 is 27.9 Å². The van der Waals surface area contributed by atoms with Crippen molar-refractivity contribution in [3.63, 3.8) is 0 Å². The molecule has 0 spiro atoms. The first kappa shape index (κ1) is 47.6. The van der Waals surface area contributed by atoms with E-state index < -0.39 is 14.7 Å². The second-order valence-corrected chi connectivity index (χ2v) is 7.95. The first-order chi connectivity index (χ1) is 1.73. The Morgan fingerprint density at radius 1 is 0.556 bits per heavy atom. The van der Waals surface area contributed by atoms with Gasteiger partial charge >= 0.3 is 42.6 Å². The molecule has 65 valence electrons. The molecule has 5 nitrogen and oxygen atoms in total. The number of hydrogen-bond donors (Lipinski definition) is 0. The average Bonchev–Trinajstić information content (AvgIpc) is 0.811. The van der Waals surface area contributed by atoms with E-state index in [1.807, 2.05) is 0 Å². The van der Waals surface area contributed by atoms with E-state index in [-0.39, 0.29) is 27.4 Å². The van der Waals surface area contributed by atoms with Crippen molar-refractivity contribution in [3.8, 4) is 0 Å². The first-order valence-electron chi connectivity index (χ1n) is 0.567. The normalized spacial score (nSPS) is 3.00. The molecule has 0 fully saturated rings. The Morgan fingerprint density at radius 2 is 0.556 bits per heavy atom. The maximum atomic E-state index is 4.97. The van der Waals surface area contributed by atoms with Crippen LogP contribution in [0.3, 0.4) is 0 Å². The van der Waals surface area contributed by atoms with E-state index >= 15 is 0 Å². The van der Waals surface area contributed by atoms with Gasteiger partial charge in [-0.3, -0.25) is 0 Å². The molecule has 0 radical (unpaired) electrons. The summed E-state index contributed by atoms with van der Waals surface area (Å²) in [5, 5.41) is 0. The van der Waals surface area contributed by atoms with Gasteiger partial charge in [0.25, 0.3) is 0 Å². The van der Waals surface area contributed by atoms with E-state index in [1.54, 1.807) is 0 Å². The van der Waals surface area contributed by atoms with E-state index in [2.05, 4.69) is 0 Å². The van der Waals surface area contributed by atoms with Gasteiger partial charge in [0.1, 0.15) is 0 Å². The molecule has 0 rings (SSSR count). The molecule has 9 heavy (non-hydrogen) atoms. The van der Waals surface area contributed by atoms with Gasteiger partial charge in [-0.15, -0.1) is 0 Å². The zero-order valence-corrected chi connectivity index (χ0v) is 7.96. The van der Waals surface area contributed by atoms with Crippen LogP contribution in [-0.4, -0.2) is 27.4 Å². The molecule has 0 aromatic rings. The van der Waals surface area contributed by atoms with E-state index in [9.17, 15) is 0 Å². The van der Waals surface area contributed by atoms with Gasteiger partial charge in [-0.05, 0) is 0 Å². The Labute approximate surface area is 69.9 Å². The molecule has 0 unspecified atom stereocenters. The summed E-state index contributed by atoms with van der Waals surface area (Å²) in [6.45, 7) is 0. The van der Waals surface area contributed by atoms with E-state index in [4.69, 9.17) is 27.9 Å². The SMILES string of the molecule is O.O.O.O.O.[Cl][Ti]([Cl])[Cl]. The number of hydrogen-bond acceptors (Lipinski definition) is 0. The van der Waals surface area contributed by atoms with Gasteiger partial charge in [0.05, 0.1) is 0 Å². The summed E-state index contributed by atoms with van der Waals surface area (Å²) >= 11 is -1.92. The van der Waals surface area contributed by atoms with Crippen LogP contribution in [0.5, 0.6) is 0 Å². The van der Waals surface area contributed by atoms with Crippen molar-refractivity contribution in [1.82, 2.24) is 0 Å². The summed E-state index contributed by atoms with van der Waals surface area (Å²) in [5.41, 5.74) is 0. The van der Waals surface area contributed by atoms with Crippen LogP contribution in [0.25, 0.3) is 0 Å². The fourth-order valence-corrected chi connectivity index (χ4v) is 0. The van der Waals surface area contributed by atoms with Gasteiger partial charge in [0.2, 0.25) is 0 Å². The summed E-state index contributed by atoms with van der Waals surface area (Å²) in [5.74, 6) is 0. The molecule has 0 saturated heterocycles. The maximum absolute atomic E-state index is 4.97. The predicted octanol–water partition coefficient (Wildman–Crippen LogP) is -2.06. The van der Waals surface area contributed by atoms with Gasteiger partial charge in [-0.1, -0.05) is 0 Å². The van der Waals surface area contributed by atoms with Crippen LogP contribution in [0.2, 0.25) is 0 Å². The van der Waals surface area contributed by atoms with Crippen LogP contribution in [-0.2, 0) is 14.7 Å². The molecular weight excluding hydrogens is 234 g/mol. The number of halogens is 3. The fraction of sp³-hybridized carbons (Fsp3) is 0. The van der Waals surface area contributed by atoms with Gasteiger partial charge in [0.15, 0.2) is 0 Å². The molecule has 9 heteroatoms. The van der Waals surface area contributed by atoms with E-state index in [0.717, 1.165) is 0 Å². The van der Waals surface area contributed by atoms with Crippen molar-refractivity contribution in [2.45, 2.75) is 0 Å². The summed E-state index contributed by atoms with van der Waals surface area (Å²) in [6, 6.07) is 0. The van der Waals surface area contributed by atoms with Crippen molar-refractivity contribution in [2.75, 3.05) is 0 Å². The summed E-state index contributed by atoms with van der Waals surface area (Å²) < 4.78 is 0. The minimum atomic E-state index is -1.92. The van der Waals surface area contributed by atoms with E-state index in [1.165, 1.54) is 0 Å². The quantitative estimate of drug-likeness (QED) is 0.429. The third kappa shape index (κ3) is 267. The first-order valence-corrected chi connectivity index (χ1v) is 7.01. The Balaban J connectivity index is -0.00000000450. The second-order valence-electron chi connectivity index (χ2n) is 0.214. The molecule has 0 bridgehead atoms. The standard InChI is InChI=1S/3ClH.5H2O.Ti/h3*1H;5*1H2;/q;;;;;;;;+3/p-3. The predicted molar refractivity (Wildman–Crippen MR) is 35.6 cm³/mol.